The van der Waals surface area contributed by atoms with Crippen LogP contribution in [0.15, 0.2) is 29.2 Å². The van der Waals surface area contributed by atoms with Crippen molar-refractivity contribution in [2.75, 3.05) is 26.2 Å². The van der Waals surface area contributed by atoms with Crippen molar-refractivity contribution in [2.45, 2.75) is 36.6 Å². The lowest BCUT2D eigenvalue weighted by atomic mass is 9.93. The molecule has 3 atom stereocenters. The molecule has 2 saturated carbocycles. The molecular weight excluding hydrogens is 315 g/mol. The van der Waals surface area contributed by atoms with Gasteiger partial charge in [-0.2, -0.15) is 4.31 Å². The van der Waals surface area contributed by atoms with E-state index in [-0.39, 0.29) is 4.90 Å². The Kier molecular flexibility index (Phi) is 3.94. The number of halogens is 1. The maximum Gasteiger partial charge on any atom is 0.243 e. The fourth-order valence-corrected chi connectivity index (χ4v) is 6.11. The Morgan fingerprint density at radius 1 is 0.957 bits per heavy atom. The maximum absolute atomic E-state index is 13.0. The summed E-state index contributed by atoms with van der Waals surface area (Å²) in [5.41, 5.74) is 0. The van der Waals surface area contributed by atoms with E-state index in [0.29, 0.717) is 19.1 Å². The average Bonchev–Trinajstić information content (AvgIpc) is 3.18. The van der Waals surface area contributed by atoms with Crippen LogP contribution in [0, 0.1) is 17.7 Å². The molecule has 3 fully saturated rings. The summed E-state index contributed by atoms with van der Waals surface area (Å²) in [6.07, 6.45) is 5.41. The van der Waals surface area contributed by atoms with Crippen molar-refractivity contribution in [3.63, 3.8) is 0 Å². The fraction of sp³-hybridized carbons (Fsp3) is 0.647. The molecule has 4 rings (SSSR count). The summed E-state index contributed by atoms with van der Waals surface area (Å²) in [6, 6.07) is 5.79. The van der Waals surface area contributed by atoms with Gasteiger partial charge in [0.25, 0.3) is 0 Å². The lowest BCUT2D eigenvalue weighted by Crippen LogP contribution is -2.53. The predicted molar refractivity (Wildman–Crippen MR) is 86.0 cm³/mol. The third kappa shape index (κ3) is 2.81. The first kappa shape index (κ1) is 15.5. The van der Waals surface area contributed by atoms with Crippen LogP contribution in [0.5, 0.6) is 0 Å². The second kappa shape index (κ2) is 5.83. The molecule has 0 radical (unpaired) electrons. The molecule has 4 nitrogen and oxygen atoms in total. The summed E-state index contributed by atoms with van der Waals surface area (Å²) in [7, 11) is -3.50. The van der Waals surface area contributed by atoms with Gasteiger partial charge >= 0.3 is 0 Å². The largest absolute Gasteiger partial charge is 0.297 e. The Bertz CT molecular complexity index is 668. The third-order valence-electron chi connectivity index (χ3n) is 5.89. The monoisotopic (exact) mass is 338 g/mol. The van der Waals surface area contributed by atoms with Gasteiger partial charge in [-0.25, -0.2) is 12.8 Å². The minimum atomic E-state index is -3.50. The predicted octanol–water partition coefficient (Wildman–Crippen LogP) is 2.32. The summed E-state index contributed by atoms with van der Waals surface area (Å²) < 4.78 is 39.8. The third-order valence-corrected chi connectivity index (χ3v) is 7.81. The minimum Gasteiger partial charge on any atom is -0.297 e. The molecule has 1 aromatic carbocycles. The molecule has 2 aliphatic carbocycles. The SMILES string of the molecule is O=S(=O)(c1ccc(F)cc1)N1CCN([C@@H]2C[C@H]3CC[C@H]2C3)CC1. The summed E-state index contributed by atoms with van der Waals surface area (Å²) in [5, 5.41) is 0. The van der Waals surface area contributed by atoms with E-state index in [1.165, 1.54) is 49.9 Å². The number of hydrogen-bond acceptors (Lipinski definition) is 3. The quantitative estimate of drug-likeness (QED) is 0.849. The number of benzene rings is 1. The van der Waals surface area contributed by atoms with E-state index in [9.17, 15) is 12.8 Å². The summed E-state index contributed by atoms with van der Waals surface area (Å²) >= 11 is 0. The van der Waals surface area contributed by atoms with E-state index < -0.39 is 15.8 Å². The van der Waals surface area contributed by atoms with Crippen molar-refractivity contribution >= 4 is 10.0 Å². The second-order valence-corrected chi connectivity index (χ2v) is 9.07. The molecule has 1 saturated heterocycles. The van der Waals surface area contributed by atoms with Gasteiger partial charge in [0.2, 0.25) is 10.0 Å². The zero-order chi connectivity index (χ0) is 16.0. The molecule has 0 aromatic heterocycles. The van der Waals surface area contributed by atoms with E-state index in [1.807, 2.05) is 0 Å². The highest BCUT2D eigenvalue weighted by Crippen LogP contribution is 2.46. The number of nitrogens with zero attached hydrogens (tertiary/aromatic N) is 2. The van der Waals surface area contributed by atoms with Crippen molar-refractivity contribution in [1.82, 2.24) is 9.21 Å². The van der Waals surface area contributed by atoms with Gasteiger partial charge in [-0.1, -0.05) is 6.42 Å². The average molecular weight is 338 g/mol. The Balaban J connectivity index is 1.42. The highest BCUT2D eigenvalue weighted by atomic mass is 32.2. The van der Waals surface area contributed by atoms with Gasteiger partial charge in [0.15, 0.2) is 0 Å². The smallest absolute Gasteiger partial charge is 0.243 e. The van der Waals surface area contributed by atoms with Crippen LogP contribution in [0.4, 0.5) is 4.39 Å². The molecule has 0 N–H and O–H groups in total. The summed E-state index contributed by atoms with van der Waals surface area (Å²) in [4.78, 5) is 2.69. The molecule has 3 aliphatic rings. The van der Waals surface area contributed by atoms with Crippen LogP contribution in [0.3, 0.4) is 0 Å². The number of fused-ring (bicyclic) bond motifs is 2. The first-order chi connectivity index (χ1) is 11.0. The van der Waals surface area contributed by atoms with Crippen LogP contribution in [0.1, 0.15) is 25.7 Å². The molecule has 0 amide bonds. The molecule has 6 heteroatoms. The summed E-state index contributed by atoms with van der Waals surface area (Å²) in [5.74, 6) is 1.33. The number of piperazine rings is 1. The van der Waals surface area contributed by atoms with Gasteiger partial charge in [-0.05, 0) is 55.4 Å². The normalized spacial score (nSPS) is 32.5. The van der Waals surface area contributed by atoms with Crippen molar-refractivity contribution in [1.29, 1.82) is 0 Å². The van der Waals surface area contributed by atoms with Crippen LogP contribution in [-0.2, 0) is 10.0 Å². The first-order valence-corrected chi connectivity index (χ1v) is 9.98. The van der Waals surface area contributed by atoms with Crippen molar-refractivity contribution in [3.8, 4) is 0 Å². The minimum absolute atomic E-state index is 0.187. The Morgan fingerprint density at radius 3 is 2.22 bits per heavy atom. The standard InChI is InChI=1S/C17H23FN2O2S/c18-15-3-5-16(6-4-15)23(21,22)20-9-7-19(8-10-20)17-12-13-1-2-14(17)11-13/h3-6,13-14,17H,1-2,7-12H2/t13-,14-,17+/m0/s1. The van der Waals surface area contributed by atoms with Crippen LogP contribution in [-0.4, -0.2) is 49.8 Å². The van der Waals surface area contributed by atoms with E-state index in [0.717, 1.165) is 24.9 Å². The first-order valence-electron chi connectivity index (χ1n) is 8.54. The Morgan fingerprint density at radius 2 is 1.65 bits per heavy atom. The van der Waals surface area contributed by atoms with Gasteiger partial charge < -0.3 is 0 Å². The molecule has 23 heavy (non-hydrogen) atoms. The Labute approximate surface area is 137 Å². The molecule has 0 spiro atoms. The van der Waals surface area contributed by atoms with Crippen LogP contribution >= 0.6 is 0 Å². The van der Waals surface area contributed by atoms with Crippen LogP contribution < -0.4 is 0 Å². The van der Waals surface area contributed by atoms with Crippen LogP contribution in [0.25, 0.3) is 0 Å². The summed E-state index contributed by atoms with van der Waals surface area (Å²) in [6.45, 7) is 2.70. The van der Waals surface area contributed by atoms with E-state index in [2.05, 4.69) is 4.90 Å². The van der Waals surface area contributed by atoms with E-state index in [4.69, 9.17) is 0 Å². The van der Waals surface area contributed by atoms with Gasteiger partial charge in [0, 0.05) is 32.2 Å². The highest BCUT2D eigenvalue weighted by Gasteiger charge is 2.43. The zero-order valence-electron chi connectivity index (χ0n) is 13.2. The van der Waals surface area contributed by atoms with Crippen LogP contribution in [0.2, 0.25) is 0 Å². The maximum atomic E-state index is 13.0. The van der Waals surface area contributed by atoms with Crippen molar-refractivity contribution in [3.05, 3.63) is 30.1 Å². The molecule has 2 bridgehead atoms. The topological polar surface area (TPSA) is 40.6 Å². The van der Waals surface area contributed by atoms with Gasteiger partial charge in [-0.3, -0.25) is 4.90 Å². The fourth-order valence-electron chi connectivity index (χ4n) is 4.69. The van der Waals surface area contributed by atoms with Gasteiger partial charge in [0.1, 0.15) is 5.82 Å². The van der Waals surface area contributed by atoms with E-state index in [1.54, 1.807) is 4.31 Å². The van der Waals surface area contributed by atoms with Gasteiger partial charge in [-0.15, -0.1) is 0 Å². The highest BCUT2D eigenvalue weighted by molar-refractivity contribution is 7.89. The number of sulfonamides is 1. The number of hydrogen-bond donors (Lipinski definition) is 0. The molecule has 1 heterocycles. The lowest BCUT2D eigenvalue weighted by Gasteiger charge is -2.40. The zero-order valence-corrected chi connectivity index (χ0v) is 14.0. The van der Waals surface area contributed by atoms with E-state index >= 15 is 0 Å². The molecule has 1 aromatic rings. The molecule has 126 valence electrons. The number of rotatable bonds is 3. The molecule has 0 unspecified atom stereocenters. The van der Waals surface area contributed by atoms with Gasteiger partial charge in [0.05, 0.1) is 4.90 Å². The van der Waals surface area contributed by atoms with Crippen molar-refractivity contribution < 1.29 is 12.8 Å². The molecular formula is C17H23FN2O2S. The second-order valence-electron chi connectivity index (χ2n) is 7.14. The Hall–Kier alpha value is -0.980. The van der Waals surface area contributed by atoms with Crippen molar-refractivity contribution in [2.24, 2.45) is 11.8 Å². The molecule has 1 aliphatic heterocycles. The lowest BCUT2D eigenvalue weighted by molar-refractivity contribution is 0.101.